The van der Waals surface area contributed by atoms with Crippen molar-refractivity contribution in [1.29, 1.82) is 0 Å². The fraction of sp³-hybridized carbons (Fsp3) is 0.200. The van der Waals surface area contributed by atoms with E-state index in [0.29, 0.717) is 11.1 Å². The molecule has 0 aromatic heterocycles. The van der Waals surface area contributed by atoms with Crippen LogP contribution in [-0.4, -0.2) is 5.78 Å². The Morgan fingerprint density at radius 3 is 2.38 bits per heavy atom. The van der Waals surface area contributed by atoms with E-state index in [0.717, 1.165) is 5.56 Å². The first-order chi connectivity index (χ1) is 5.52. The Bertz CT molecular complexity index is 311. The third-order valence-electron chi connectivity index (χ3n) is 1.79. The second kappa shape index (κ2) is 4.78. The number of hydrogen-bond donors (Lipinski definition) is 0. The van der Waals surface area contributed by atoms with Crippen LogP contribution in [0, 0.1) is 13.8 Å². The molecule has 0 fully saturated rings. The van der Waals surface area contributed by atoms with Crippen molar-refractivity contribution in [3.8, 4) is 0 Å². The molecule has 1 N–H and O–H groups in total. The summed E-state index contributed by atoms with van der Waals surface area (Å²) < 4.78 is 0. The summed E-state index contributed by atoms with van der Waals surface area (Å²) in [5, 5.41) is 0. The number of benzene rings is 1. The summed E-state index contributed by atoms with van der Waals surface area (Å²) in [6.07, 6.45) is 0. The summed E-state index contributed by atoms with van der Waals surface area (Å²) >= 11 is 0. The Hall–Kier alpha value is -0.336. The molecule has 0 bridgehead atoms. The van der Waals surface area contributed by atoms with Gasteiger partial charge in [0.2, 0.25) is 0 Å². The summed E-state index contributed by atoms with van der Waals surface area (Å²) in [6.45, 7) is 8.82. The molecular weight excluding hydrogens is 239 g/mol. The molecule has 2 nitrogen and oxygen atoms in total. The monoisotopic (exact) mass is 249 g/mol. The molecule has 2 radical (unpaired) electrons. The quantitative estimate of drug-likeness (QED) is 0.557. The smallest absolute Gasteiger partial charge is 0.157 e. The summed E-state index contributed by atoms with van der Waals surface area (Å²) in [5.41, 5.74) is 9.42. The van der Waals surface area contributed by atoms with Crippen molar-refractivity contribution in [1.82, 2.24) is 0 Å². The summed E-state index contributed by atoms with van der Waals surface area (Å²) in [6, 6.07) is 3.19. The zero-order chi connectivity index (χ0) is 9.30. The van der Waals surface area contributed by atoms with Crippen molar-refractivity contribution >= 4 is 11.5 Å². The molecule has 1 aromatic carbocycles. The predicted molar refractivity (Wildman–Crippen MR) is 48.6 cm³/mol. The fourth-order valence-electron chi connectivity index (χ4n) is 1.00. The SMILES string of the molecule is [CH-]c1c(C)cc(C(C)=O)cc1[NH-].[Y]. The average molecular weight is 249 g/mol. The van der Waals surface area contributed by atoms with Crippen LogP contribution in [-0.2, 0) is 32.7 Å². The number of ketones is 1. The third-order valence-corrected chi connectivity index (χ3v) is 1.79. The van der Waals surface area contributed by atoms with Crippen LogP contribution in [0.3, 0.4) is 0 Å². The van der Waals surface area contributed by atoms with Gasteiger partial charge < -0.3 is 5.73 Å². The van der Waals surface area contributed by atoms with Crippen LogP contribution in [0.4, 0.5) is 5.69 Å². The standard InChI is InChI=1S/C10H10NO.Y/c1-6-4-9(8(3)12)5-10(11)7(6)2;/h2,4-5,11H,1,3H3;/q-2;. The molecule has 3 heteroatoms. The van der Waals surface area contributed by atoms with Gasteiger partial charge in [-0.2, -0.15) is 5.56 Å². The Balaban J connectivity index is 0.00000144. The normalized spacial score (nSPS) is 9.08. The molecule has 13 heavy (non-hydrogen) atoms. The third kappa shape index (κ3) is 2.82. The molecule has 0 saturated carbocycles. The number of rotatable bonds is 1. The fourth-order valence-corrected chi connectivity index (χ4v) is 1.00. The van der Waals surface area contributed by atoms with Crippen molar-refractivity contribution in [3.63, 3.8) is 0 Å². The van der Waals surface area contributed by atoms with Crippen LogP contribution in [0.1, 0.15) is 28.4 Å². The second-order valence-corrected chi connectivity index (χ2v) is 2.81. The van der Waals surface area contributed by atoms with E-state index in [4.69, 9.17) is 12.7 Å². The molecule has 0 saturated heterocycles. The van der Waals surface area contributed by atoms with Gasteiger partial charge in [-0.3, -0.25) is 10.5 Å². The van der Waals surface area contributed by atoms with Crippen LogP contribution in [0.5, 0.6) is 0 Å². The first kappa shape index (κ1) is 12.7. The average Bonchev–Trinajstić information content (AvgIpc) is 1.99. The van der Waals surface area contributed by atoms with E-state index < -0.39 is 0 Å². The van der Waals surface area contributed by atoms with E-state index in [1.165, 1.54) is 13.0 Å². The van der Waals surface area contributed by atoms with Crippen molar-refractivity contribution in [3.05, 3.63) is 41.5 Å². The van der Waals surface area contributed by atoms with E-state index in [2.05, 4.69) is 0 Å². The molecule has 1 aromatic rings. The molecule has 1 rings (SSSR count). The Labute approximate surface area is 104 Å². The summed E-state index contributed by atoms with van der Waals surface area (Å²) in [5.74, 6) is -0.0356. The Morgan fingerprint density at radius 2 is 2.00 bits per heavy atom. The summed E-state index contributed by atoms with van der Waals surface area (Å²) in [7, 11) is 0. The van der Waals surface area contributed by atoms with E-state index >= 15 is 0 Å². The minimum absolute atomic E-state index is 0. The Morgan fingerprint density at radius 1 is 1.46 bits per heavy atom. The van der Waals surface area contributed by atoms with Crippen molar-refractivity contribution < 1.29 is 37.5 Å². The number of carbonyl (C=O) groups is 1. The summed E-state index contributed by atoms with van der Waals surface area (Å²) in [4.78, 5) is 10.9. The van der Waals surface area contributed by atoms with E-state index in [1.807, 2.05) is 0 Å². The first-order valence-electron chi connectivity index (χ1n) is 3.65. The van der Waals surface area contributed by atoms with Gasteiger partial charge >= 0.3 is 0 Å². The van der Waals surface area contributed by atoms with Gasteiger partial charge in [-0.1, -0.05) is 6.92 Å². The number of carbonyl (C=O) groups excluding carboxylic acids is 1. The molecule has 0 amide bonds. The van der Waals surface area contributed by atoms with Gasteiger partial charge in [0.15, 0.2) is 5.78 Å². The van der Waals surface area contributed by atoms with Gasteiger partial charge in [-0.05, 0) is 12.5 Å². The van der Waals surface area contributed by atoms with Crippen LogP contribution < -0.4 is 0 Å². The second-order valence-electron chi connectivity index (χ2n) is 2.81. The molecule has 0 spiro atoms. The van der Waals surface area contributed by atoms with Gasteiger partial charge in [0.1, 0.15) is 0 Å². The molecule has 0 heterocycles. The van der Waals surface area contributed by atoms with E-state index in [-0.39, 0.29) is 44.2 Å². The molecule has 0 aliphatic rings. The van der Waals surface area contributed by atoms with Crippen molar-refractivity contribution in [2.45, 2.75) is 13.8 Å². The minimum atomic E-state index is -0.0356. The Kier molecular flexibility index (Phi) is 4.65. The van der Waals surface area contributed by atoms with Gasteiger partial charge in [-0.25, -0.2) is 12.5 Å². The molecule has 0 unspecified atom stereocenters. The maximum Gasteiger partial charge on any atom is 0.157 e. The van der Waals surface area contributed by atoms with E-state index in [1.54, 1.807) is 13.0 Å². The molecule has 0 atom stereocenters. The van der Waals surface area contributed by atoms with Gasteiger partial charge in [0.05, 0.1) is 0 Å². The van der Waals surface area contributed by atoms with Gasteiger partial charge in [-0.15, -0.1) is 12.1 Å². The maximum absolute atomic E-state index is 10.9. The van der Waals surface area contributed by atoms with E-state index in [9.17, 15) is 4.79 Å². The van der Waals surface area contributed by atoms with Crippen LogP contribution in [0.2, 0.25) is 0 Å². The predicted octanol–water partition coefficient (Wildman–Crippen LogP) is 2.94. The zero-order valence-electron chi connectivity index (χ0n) is 7.72. The zero-order valence-corrected chi connectivity index (χ0v) is 10.6. The van der Waals surface area contributed by atoms with Crippen molar-refractivity contribution in [2.24, 2.45) is 0 Å². The number of nitrogens with one attached hydrogen (secondary N) is 1. The molecule has 66 valence electrons. The largest absolute Gasteiger partial charge is 0.756 e. The van der Waals surface area contributed by atoms with Crippen LogP contribution >= 0.6 is 0 Å². The topological polar surface area (TPSA) is 40.9 Å². The number of Topliss-reactive ketones (excluding diaryl/α,β-unsaturated/α-hetero) is 1. The molecule has 0 aliphatic heterocycles. The van der Waals surface area contributed by atoms with Gasteiger partial charge in [0.25, 0.3) is 0 Å². The first-order valence-corrected chi connectivity index (χ1v) is 3.65. The van der Waals surface area contributed by atoms with Crippen LogP contribution in [0.15, 0.2) is 12.1 Å². The minimum Gasteiger partial charge on any atom is -0.756 e. The molecular formula is C10H10NOY-2. The van der Waals surface area contributed by atoms with Crippen molar-refractivity contribution in [2.75, 3.05) is 0 Å². The number of hydrogen-bond acceptors (Lipinski definition) is 1. The number of aryl methyl sites for hydroxylation is 1. The van der Waals surface area contributed by atoms with Gasteiger partial charge in [0, 0.05) is 32.7 Å². The van der Waals surface area contributed by atoms with Crippen LogP contribution in [0.25, 0.3) is 5.73 Å². The molecule has 0 aliphatic carbocycles. The maximum atomic E-state index is 10.9.